The second-order valence-electron chi connectivity index (χ2n) is 5.39. The fourth-order valence-electron chi connectivity index (χ4n) is 2.71. The lowest BCUT2D eigenvalue weighted by Crippen LogP contribution is -2.35. The standard InChI is InChI=1S/C16H20N2OS/c19-14-8-4-7-13(9-14)17-10-16-18-15(11-20-16)12-5-2-1-3-6-12/h1-3,5-6,11,13-14,17,19H,4,7-10H2. The molecule has 2 aromatic rings. The van der Waals surface area contributed by atoms with Gasteiger partial charge in [-0.3, -0.25) is 0 Å². The third-order valence-corrected chi connectivity index (χ3v) is 4.66. The SMILES string of the molecule is OC1CCCC(NCc2nc(-c3ccccc3)cs2)C1. The van der Waals surface area contributed by atoms with Gasteiger partial charge < -0.3 is 10.4 Å². The van der Waals surface area contributed by atoms with Crippen LogP contribution in [0.4, 0.5) is 0 Å². The van der Waals surface area contributed by atoms with E-state index in [9.17, 15) is 5.11 Å². The number of nitrogens with one attached hydrogen (secondary N) is 1. The Morgan fingerprint density at radius 1 is 1.25 bits per heavy atom. The average Bonchev–Trinajstić information content (AvgIpc) is 2.95. The van der Waals surface area contributed by atoms with Crippen molar-refractivity contribution in [2.75, 3.05) is 0 Å². The van der Waals surface area contributed by atoms with Crippen LogP contribution in [0.1, 0.15) is 30.7 Å². The van der Waals surface area contributed by atoms with E-state index in [-0.39, 0.29) is 6.10 Å². The highest BCUT2D eigenvalue weighted by molar-refractivity contribution is 7.09. The zero-order valence-electron chi connectivity index (χ0n) is 11.5. The van der Waals surface area contributed by atoms with Crippen molar-refractivity contribution in [2.24, 2.45) is 0 Å². The Bertz CT molecular complexity index is 540. The van der Waals surface area contributed by atoms with Gasteiger partial charge in [-0.25, -0.2) is 4.98 Å². The number of aliphatic hydroxyl groups is 1. The minimum atomic E-state index is -0.127. The second kappa shape index (κ2) is 6.48. The Labute approximate surface area is 123 Å². The van der Waals surface area contributed by atoms with Crippen LogP contribution in [0.25, 0.3) is 11.3 Å². The first-order valence-corrected chi connectivity index (χ1v) is 8.10. The fraction of sp³-hybridized carbons (Fsp3) is 0.438. The molecule has 4 heteroatoms. The third-order valence-electron chi connectivity index (χ3n) is 3.81. The molecule has 0 bridgehead atoms. The van der Waals surface area contributed by atoms with E-state index in [1.807, 2.05) is 18.2 Å². The highest BCUT2D eigenvalue weighted by atomic mass is 32.1. The third kappa shape index (κ3) is 3.45. The van der Waals surface area contributed by atoms with Gasteiger partial charge in [0.1, 0.15) is 5.01 Å². The van der Waals surface area contributed by atoms with E-state index in [0.29, 0.717) is 6.04 Å². The van der Waals surface area contributed by atoms with E-state index >= 15 is 0 Å². The Morgan fingerprint density at radius 2 is 2.10 bits per heavy atom. The molecule has 0 saturated heterocycles. The average molecular weight is 288 g/mol. The first-order valence-electron chi connectivity index (χ1n) is 7.22. The summed E-state index contributed by atoms with van der Waals surface area (Å²) in [5, 5.41) is 16.4. The smallest absolute Gasteiger partial charge is 0.107 e. The molecule has 1 heterocycles. The molecule has 3 rings (SSSR count). The molecule has 3 nitrogen and oxygen atoms in total. The molecule has 1 fully saturated rings. The van der Waals surface area contributed by atoms with Crippen molar-refractivity contribution in [3.63, 3.8) is 0 Å². The summed E-state index contributed by atoms with van der Waals surface area (Å²) in [4.78, 5) is 4.68. The number of aliphatic hydroxyl groups excluding tert-OH is 1. The van der Waals surface area contributed by atoms with Crippen LogP contribution in [0.3, 0.4) is 0 Å². The van der Waals surface area contributed by atoms with Crippen molar-refractivity contribution in [3.8, 4) is 11.3 Å². The maximum Gasteiger partial charge on any atom is 0.107 e. The van der Waals surface area contributed by atoms with Crippen molar-refractivity contribution < 1.29 is 5.11 Å². The molecule has 0 aliphatic heterocycles. The molecule has 106 valence electrons. The Balaban J connectivity index is 1.58. The van der Waals surface area contributed by atoms with Crippen molar-refractivity contribution >= 4 is 11.3 Å². The van der Waals surface area contributed by atoms with Crippen LogP contribution in [-0.4, -0.2) is 22.2 Å². The minimum absolute atomic E-state index is 0.127. The molecule has 2 atom stereocenters. The van der Waals surface area contributed by atoms with Gasteiger partial charge in [-0.05, 0) is 25.7 Å². The number of aromatic nitrogens is 1. The van der Waals surface area contributed by atoms with E-state index in [2.05, 4.69) is 27.8 Å². The Hall–Kier alpha value is -1.23. The van der Waals surface area contributed by atoms with E-state index in [0.717, 1.165) is 42.9 Å². The normalized spacial score (nSPS) is 22.9. The summed E-state index contributed by atoms with van der Waals surface area (Å²) in [6.07, 6.45) is 3.97. The lowest BCUT2D eigenvalue weighted by molar-refractivity contribution is 0.111. The summed E-state index contributed by atoms with van der Waals surface area (Å²) in [7, 11) is 0. The molecular formula is C16H20N2OS. The molecule has 1 aliphatic carbocycles. The summed E-state index contributed by atoms with van der Waals surface area (Å²) in [6, 6.07) is 10.7. The maximum atomic E-state index is 9.68. The Morgan fingerprint density at radius 3 is 2.90 bits per heavy atom. The number of thiazole rings is 1. The largest absolute Gasteiger partial charge is 0.393 e. The van der Waals surface area contributed by atoms with Crippen LogP contribution >= 0.6 is 11.3 Å². The second-order valence-corrected chi connectivity index (χ2v) is 6.33. The molecule has 2 N–H and O–H groups in total. The minimum Gasteiger partial charge on any atom is -0.393 e. The van der Waals surface area contributed by atoms with Crippen LogP contribution < -0.4 is 5.32 Å². The maximum absolute atomic E-state index is 9.68. The summed E-state index contributed by atoms with van der Waals surface area (Å²) < 4.78 is 0. The van der Waals surface area contributed by atoms with Gasteiger partial charge >= 0.3 is 0 Å². The van der Waals surface area contributed by atoms with Gasteiger partial charge in [0.2, 0.25) is 0 Å². The van der Waals surface area contributed by atoms with Gasteiger partial charge in [-0.15, -0.1) is 11.3 Å². The lowest BCUT2D eigenvalue weighted by Gasteiger charge is -2.26. The molecule has 0 amide bonds. The van der Waals surface area contributed by atoms with E-state index in [4.69, 9.17) is 0 Å². The van der Waals surface area contributed by atoms with Crippen LogP contribution in [0.5, 0.6) is 0 Å². The van der Waals surface area contributed by atoms with Gasteiger partial charge in [-0.1, -0.05) is 30.3 Å². The fourth-order valence-corrected chi connectivity index (χ4v) is 3.47. The molecular weight excluding hydrogens is 268 g/mol. The van der Waals surface area contributed by atoms with Gasteiger partial charge in [0.05, 0.1) is 11.8 Å². The topological polar surface area (TPSA) is 45.1 Å². The van der Waals surface area contributed by atoms with Gasteiger partial charge in [0.15, 0.2) is 0 Å². The zero-order valence-corrected chi connectivity index (χ0v) is 12.3. The molecule has 1 aromatic carbocycles. The number of hydrogen-bond acceptors (Lipinski definition) is 4. The quantitative estimate of drug-likeness (QED) is 0.908. The number of benzene rings is 1. The summed E-state index contributed by atoms with van der Waals surface area (Å²) >= 11 is 1.70. The molecule has 0 radical (unpaired) electrons. The predicted molar refractivity (Wildman–Crippen MR) is 82.7 cm³/mol. The van der Waals surface area contributed by atoms with Crippen LogP contribution in [0.15, 0.2) is 35.7 Å². The molecule has 1 aromatic heterocycles. The van der Waals surface area contributed by atoms with Gasteiger partial charge in [0.25, 0.3) is 0 Å². The first-order chi connectivity index (χ1) is 9.81. The molecule has 0 spiro atoms. The summed E-state index contributed by atoms with van der Waals surface area (Å²) in [5.74, 6) is 0. The van der Waals surface area contributed by atoms with E-state index in [1.54, 1.807) is 11.3 Å². The Kier molecular flexibility index (Phi) is 4.45. The molecule has 2 unspecified atom stereocenters. The highest BCUT2D eigenvalue weighted by Gasteiger charge is 2.19. The van der Waals surface area contributed by atoms with Gasteiger partial charge in [-0.2, -0.15) is 0 Å². The first kappa shape index (κ1) is 13.7. The van der Waals surface area contributed by atoms with Crippen LogP contribution in [0.2, 0.25) is 0 Å². The van der Waals surface area contributed by atoms with Crippen LogP contribution in [-0.2, 0) is 6.54 Å². The molecule has 20 heavy (non-hydrogen) atoms. The molecule has 1 aliphatic rings. The molecule has 1 saturated carbocycles. The lowest BCUT2D eigenvalue weighted by atomic mass is 9.93. The van der Waals surface area contributed by atoms with Crippen molar-refractivity contribution in [1.82, 2.24) is 10.3 Å². The predicted octanol–water partition coefficient (Wildman–Crippen LogP) is 3.20. The summed E-state index contributed by atoms with van der Waals surface area (Å²) in [5.41, 5.74) is 2.22. The number of hydrogen-bond donors (Lipinski definition) is 2. The number of nitrogens with zero attached hydrogens (tertiary/aromatic N) is 1. The van der Waals surface area contributed by atoms with Crippen molar-refractivity contribution in [3.05, 3.63) is 40.7 Å². The zero-order chi connectivity index (χ0) is 13.8. The summed E-state index contributed by atoms with van der Waals surface area (Å²) in [6.45, 7) is 0.800. The van der Waals surface area contributed by atoms with E-state index < -0.39 is 0 Å². The van der Waals surface area contributed by atoms with Crippen LogP contribution in [0, 0.1) is 0 Å². The van der Waals surface area contributed by atoms with Crippen molar-refractivity contribution in [2.45, 2.75) is 44.4 Å². The van der Waals surface area contributed by atoms with E-state index in [1.165, 1.54) is 5.56 Å². The van der Waals surface area contributed by atoms with Crippen molar-refractivity contribution in [1.29, 1.82) is 0 Å². The highest BCUT2D eigenvalue weighted by Crippen LogP contribution is 2.22. The van der Waals surface area contributed by atoms with Gasteiger partial charge in [0, 0.05) is 23.5 Å². The monoisotopic (exact) mass is 288 g/mol. The number of rotatable bonds is 4.